The molecule has 2 N–H and O–H groups in total. The van der Waals surface area contributed by atoms with Crippen LogP contribution in [0.3, 0.4) is 0 Å². The molecule has 10 heteroatoms. The van der Waals surface area contributed by atoms with Crippen molar-refractivity contribution in [1.29, 1.82) is 0 Å². The van der Waals surface area contributed by atoms with Crippen molar-refractivity contribution in [3.8, 4) is 11.4 Å². The van der Waals surface area contributed by atoms with E-state index < -0.39 is 0 Å². The zero-order valence-corrected chi connectivity index (χ0v) is 19.8. The fourth-order valence-electron chi connectivity index (χ4n) is 4.06. The Kier molecular flexibility index (Phi) is 5.42. The molecule has 0 atom stereocenters. The number of anilines is 1. The number of nitrogens with one attached hydrogen (secondary N) is 2. The van der Waals surface area contributed by atoms with E-state index in [0.29, 0.717) is 33.2 Å². The first-order chi connectivity index (χ1) is 17.6. The Labute approximate surface area is 208 Å². The first kappa shape index (κ1) is 21.9. The summed E-state index contributed by atoms with van der Waals surface area (Å²) in [5.74, 6) is 0.259. The first-order valence-electron chi connectivity index (χ1n) is 11.1. The quantitative estimate of drug-likeness (QED) is 0.252. The van der Waals surface area contributed by atoms with Gasteiger partial charge in [-0.05, 0) is 24.3 Å². The second kappa shape index (κ2) is 8.90. The van der Waals surface area contributed by atoms with Crippen LogP contribution in [0.2, 0.25) is 0 Å². The van der Waals surface area contributed by atoms with E-state index in [1.807, 2.05) is 60.7 Å². The third-order valence-electron chi connectivity index (χ3n) is 5.73. The van der Waals surface area contributed by atoms with Gasteiger partial charge in [-0.3, -0.25) is 9.59 Å². The molecule has 0 fully saturated rings. The highest BCUT2D eigenvalue weighted by atomic mass is 32.2. The Morgan fingerprint density at radius 2 is 1.86 bits per heavy atom. The van der Waals surface area contributed by atoms with Crippen molar-refractivity contribution in [3.05, 3.63) is 83.3 Å². The van der Waals surface area contributed by atoms with Gasteiger partial charge in [0.05, 0.1) is 30.4 Å². The van der Waals surface area contributed by atoms with Gasteiger partial charge >= 0.3 is 0 Å². The van der Waals surface area contributed by atoms with E-state index in [1.165, 1.54) is 6.20 Å². The van der Waals surface area contributed by atoms with Gasteiger partial charge in [0.1, 0.15) is 22.3 Å². The topological polar surface area (TPSA) is 115 Å². The smallest absolute Gasteiger partial charge is 0.262 e. The lowest BCUT2D eigenvalue weighted by Crippen LogP contribution is -2.16. The molecular formula is C26H19N5O4S. The van der Waals surface area contributed by atoms with Crippen molar-refractivity contribution in [1.82, 2.24) is 19.7 Å². The summed E-state index contributed by atoms with van der Waals surface area (Å²) in [6, 6.07) is 20.7. The lowest BCUT2D eigenvalue weighted by molar-refractivity contribution is -0.113. The number of thioether (sulfide) groups is 1. The average molecular weight is 498 g/mol. The van der Waals surface area contributed by atoms with E-state index in [4.69, 9.17) is 9.15 Å². The van der Waals surface area contributed by atoms with Crippen LogP contribution in [0.5, 0.6) is 5.75 Å². The number of methoxy groups -OCH3 is 1. The number of H-pyrrole nitrogens is 1. The molecule has 6 rings (SSSR count). The molecule has 6 aromatic rings. The largest absolute Gasteiger partial charge is 0.495 e. The molecule has 3 aromatic carbocycles. The van der Waals surface area contributed by atoms with Crippen LogP contribution in [0.1, 0.15) is 0 Å². The number of carbonyl (C=O) groups is 1. The van der Waals surface area contributed by atoms with Crippen LogP contribution in [0.25, 0.3) is 38.7 Å². The van der Waals surface area contributed by atoms with Crippen LogP contribution >= 0.6 is 11.8 Å². The van der Waals surface area contributed by atoms with Gasteiger partial charge in [-0.1, -0.05) is 48.2 Å². The first-order valence-corrected chi connectivity index (χ1v) is 12.0. The number of furan rings is 1. The van der Waals surface area contributed by atoms with Crippen LogP contribution in [0.15, 0.2) is 87.3 Å². The van der Waals surface area contributed by atoms with E-state index in [2.05, 4.69) is 20.4 Å². The zero-order valence-electron chi connectivity index (χ0n) is 19.0. The number of aromatic nitrogens is 4. The standard InChI is InChI=1S/C26H19N5O4S/c1-34-22-11-17-16-9-5-6-10-20(16)35-21(17)12-19(22)28-23(32)14-36-26-29-24-18(25(33)30-26)13-27-31(24)15-7-3-2-4-8-15/h2-13H,14H2,1H3,(H,28,32)(H,29,30,33). The molecule has 0 saturated carbocycles. The van der Waals surface area contributed by atoms with Crippen molar-refractivity contribution < 1.29 is 13.9 Å². The average Bonchev–Trinajstić information content (AvgIpc) is 3.49. The third-order valence-corrected chi connectivity index (χ3v) is 6.60. The van der Waals surface area contributed by atoms with E-state index in [-0.39, 0.29) is 17.2 Å². The Morgan fingerprint density at radius 1 is 1.06 bits per heavy atom. The van der Waals surface area contributed by atoms with Gasteiger partial charge < -0.3 is 19.5 Å². The zero-order chi connectivity index (χ0) is 24.6. The maximum atomic E-state index is 12.8. The molecule has 0 spiro atoms. The molecule has 1 amide bonds. The van der Waals surface area contributed by atoms with Crippen LogP contribution in [-0.2, 0) is 4.79 Å². The number of hydrogen-bond donors (Lipinski definition) is 2. The fraction of sp³-hybridized carbons (Fsp3) is 0.0769. The summed E-state index contributed by atoms with van der Waals surface area (Å²) in [5, 5.41) is 9.74. The molecule has 3 heterocycles. The summed E-state index contributed by atoms with van der Waals surface area (Å²) >= 11 is 1.12. The summed E-state index contributed by atoms with van der Waals surface area (Å²) in [4.78, 5) is 32.6. The number of ether oxygens (including phenoxy) is 1. The van der Waals surface area contributed by atoms with Crippen LogP contribution in [0, 0.1) is 0 Å². The second-order valence-electron chi connectivity index (χ2n) is 7.98. The minimum absolute atomic E-state index is 0.0231. The van der Waals surface area contributed by atoms with Gasteiger partial charge in [0, 0.05) is 16.8 Å². The van der Waals surface area contributed by atoms with E-state index >= 15 is 0 Å². The van der Waals surface area contributed by atoms with Crippen molar-refractivity contribution in [2.24, 2.45) is 0 Å². The van der Waals surface area contributed by atoms with E-state index in [1.54, 1.807) is 17.9 Å². The summed E-state index contributed by atoms with van der Waals surface area (Å²) in [7, 11) is 1.55. The number of rotatable bonds is 6. The molecule has 3 aromatic heterocycles. The molecule has 0 unspecified atom stereocenters. The lowest BCUT2D eigenvalue weighted by atomic mass is 10.1. The number of hydrogen-bond acceptors (Lipinski definition) is 7. The maximum absolute atomic E-state index is 12.8. The minimum Gasteiger partial charge on any atom is -0.495 e. The third kappa shape index (κ3) is 3.87. The fourth-order valence-corrected chi connectivity index (χ4v) is 4.72. The SMILES string of the molecule is COc1cc2c(cc1NC(=O)CSc1nc3c(cnn3-c3ccccc3)c(=O)[nH]1)oc1ccccc12. The Hall–Kier alpha value is -4.57. The van der Waals surface area contributed by atoms with Crippen molar-refractivity contribution in [3.63, 3.8) is 0 Å². The highest BCUT2D eigenvalue weighted by molar-refractivity contribution is 7.99. The molecule has 0 aliphatic carbocycles. The Balaban J connectivity index is 1.24. The van der Waals surface area contributed by atoms with E-state index in [9.17, 15) is 9.59 Å². The predicted octanol–water partition coefficient (Wildman–Crippen LogP) is 4.75. The van der Waals surface area contributed by atoms with E-state index in [0.717, 1.165) is 33.8 Å². The predicted molar refractivity (Wildman–Crippen MR) is 139 cm³/mol. The monoisotopic (exact) mass is 497 g/mol. The number of benzene rings is 3. The van der Waals surface area contributed by atoms with Gasteiger partial charge in [-0.25, -0.2) is 9.67 Å². The molecule has 0 radical (unpaired) electrons. The normalized spacial score (nSPS) is 11.4. The minimum atomic E-state index is -0.318. The van der Waals surface area contributed by atoms with Gasteiger partial charge in [-0.2, -0.15) is 5.10 Å². The summed E-state index contributed by atoms with van der Waals surface area (Å²) in [6.45, 7) is 0. The number of fused-ring (bicyclic) bond motifs is 4. The highest BCUT2D eigenvalue weighted by Crippen LogP contribution is 2.36. The summed E-state index contributed by atoms with van der Waals surface area (Å²) in [5.41, 5.74) is 2.78. The number of para-hydroxylation sites is 2. The molecule has 36 heavy (non-hydrogen) atoms. The molecule has 0 saturated heterocycles. The van der Waals surface area contributed by atoms with Gasteiger partial charge in [0.15, 0.2) is 10.8 Å². The summed E-state index contributed by atoms with van der Waals surface area (Å²) in [6.07, 6.45) is 1.48. The number of amides is 1. The second-order valence-corrected chi connectivity index (χ2v) is 8.95. The number of aromatic amines is 1. The van der Waals surface area contributed by atoms with Crippen LogP contribution < -0.4 is 15.6 Å². The maximum Gasteiger partial charge on any atom is 0.262 e. The highest BCUT2D eigenvalue weighted by Gasteiger charge is 2.16. The van der Waals surface area contributed by atoms with Crippen molar-refractivity contribution >= 4 is 56.3 Å². The molecule has 0 aliphatic heterocycles. The lowest BCUT2D eigenvalue weighted by Gasteiger charge is -2.10. The van der Waals surface area contributed by atoms with Crippen molar-refractivity contribution in [2.75, 3.05) is 18.2 Å². The van der Waals surface area contributed by atoms with Gasteiger partial charge in [-0.15, -0.1) is 0 Å². The van der Waals surface area contributed by atoms with Crippen molar-refractivity contribution in [2.45, 2.75) is 5.16 Å². The molecule has 0 aliphatic rings. The van der Waals surface area contributed by atoms with Crippen LogP contribution in [0.4, 0.5) is 5.69 Å². The Bertz CT molecular complexity index is 1810. The summed E-state index contributed by atoms with van der Waals surface area (Å²) < 4.78 is 13.0. The molecule has 178 valence electrons. The molecule has 0 bridgehead atoms. The number of nitrogens with zero attached hydrogens (tertiary/aromatic N) is 3. The van der Waals surface area contributed by atoms with Gasteiger partial charge in [0.25, 0.3) is 5.56 Å². The molecular weight excluding hydrogens is 478 g/mol. The molecule has 9 nitrogen and oxygen atoms in total. The number of carbonyl (C=O) groups excluding carboxylic acids is 1. The van der Waals surface area contributed by atoms with Crippen LogP contribution in [-0.4, -0.2) is 38.5 Å². The Morgan fingerprint density at radius 3 is 2.69 bits per heavy atom. The van der Waals surface area contributed by atoms with Gasteiger partial charge in [0.2, 0.25) is 5.91 Å².